The lowest BCUT2D eigenvalue weighted by atomic mass is 9.96. The Morgan fingerprint density at radius 2 is 2.00 bits per heavy atom. The third-order valence-electron chi connectivity index (χ3n) is 6.37. The Morgan fingerprint density at radius 3 is 2.68 bits per heavy atom. The molecule has 10 heteroatoms. The molecule has 2 aliphatic rings. The summed E-state index contributed by atoms with van der Waals surface area (Å²) in [5.41, 5.74) is 3.22. The average molecular weight is 541 g/mol. The zero-order valence-corrected chi connectivity index (χ0v) is 21.7. The lowest BCUT2D eigenvalue weighted by Gasteiger charge is -2.26. The lowest BCUT2D eigenvalue weighted by molar-refractivity contribution is -0.128. The minimum Gasteiger partial charge on any atom is -0.496 e. The van der Waals surface area contributed by atoms with Gasteiger partial charge in [0, 0.05) is 48.4 Å². The minimum atomic E-state index is -0.271. The topological polar surface area (TPSA) is 92.8 Å². The predicted molar refractivity (Wildman–Crippen MR) is 145 cm³/mol. The molecule has 5 rings (SSSR count). The van der Waals surface area contributed by atoms with Crippen LogP contribution in [-0.4, -0.2) is 53.9 Å². The van der Waals surface area contributed by atoms with E-state index in [-0.39, 0.29) is 23.9 Å². The molecule has 0 radical (unpaired) electrons. The van der Waals surface area contributed by atoms with Crippen LogP contribution in [0.4, 0.5) is 10.5 Å². The molecule has 1 aromatic heterocycles. The Morgan fingerprint density at radius 1 is 1.16 bits per heavy atom. The number of hydrogen-bond acceptors (Lipinski definition) is 5. The highest BCUT2D eigenvalue weighted by Crippen LogP contribution is 2.38. The van der Waals surface area contributed by atoms with Crippen LogP contribution in [0.1, 0.15) is 24.8 Å². The smallest absolute Gasteiger partial charge is 0.319 e. The van der Waals surface area contributed by atoms with Crippen molar-refractivity contribution in [2.75, 3.05) is 31.4 Å². The maximum absolute atomic E-state index is 12.1. The normalized spacial score (nSPS) is 15.2. The molecule has 192 valence electrons. The number of halogens is 2. The summed E-state index contributed by atoms with van der Waals surface area (Å²) in [5.74, 6) is 1.72. The number of carbonyl (C=O) groups is 2. The second-order valence-electron chi connectivity index (χ2n) is 8.95. The predicted octanol–water partition coefficient (Wildman–Crippen LogP) is 5.83. The van der Waals surface area contributed by atoms with E-state index in [1.54, 1.807) is 42.5 Å². The van der Waals surface area contributed by atoms with Gasteiger partial charge in [0.05, 0.1) is 23.3 Å². The minimum absolute atomic E-state index is 0.0242. The molecule has 1 saturated carbocycles. The number of alkyl halides is 1. The summed E-state index contributed by atoms with van der Waals surface area (Å²) in [6.07, 6.45) is 6.39. The van der Waals surface area contributed by atoms with Gasteiger partial charge in [0.2, 0.25) is 5.91 Å². The molecule has 2 N–H and O–H groups in total. The van der Waals surface area contributed by atoms with Gasteiger partial charge < -0.3 is 25.0 Å². The van der Waals surface area contributed by atoms with Gasteiger partial charge in [0.25, 0.3) is 0 Å². The molecule has 0 bridgehead atoms. The number of carbonyl (C=O) groups excluding carboxylic acids is 2. The summed E-state index contributed by atoms with van der Waals surface area (Å²) in [6.45, 7) is 1.09. The van der Waals surface area contributed by atoms with Gasteiger partial charge in [0.1, 0.15) is 23.1 Å². The van der Waals surface area contributed by atoms with Crippen molar-refractivity contribution in [2.24, 2.45) is 0 Å². The van der Waals surface area contributed by atoms with E-state index in [4.69, 9.17) is 32.7 Å². The van der Waals surface area contributed by atoms with E-state index in [0.29, 0.717) is 47.5 Å². The maximum Gasteiger partial charge on any atom is 0.319 e. The van der Waals surface area contributed by atoms with E-state index < -0.39 is 0 Å². The molecule has 0 saturated heterocycles. The van der Waals surface area contributed by atoms with Crippen LogP contribution in [0.25, 0.3) is 16.5 Å². The number of anilines is 1. The molecule has 1 fully saturated rings. The molecule has 1 aliphatic carbocycles. The van der Waals surface area contributed by atoms with Crippen LogP contribution in [0.15, 0.2) is 48.7 Å². The summed E-state index contributed by atoms with van der Waals surface area (Å²) in [6, 6.07) is 10.8. The lowest BCUT2D eigenvalue weighted by Crippen LogP contribution is -2.35. The number of aromatic nitrogens is 1. The van der Waals surface area contributed by atoms with Gasteiger partial charge in [-0.05, 0) is 49.1 Å². The van der Waals surface area contributed by atoms with E-state index in [1.807, 2.05) is 18.2 Å². The molecule has 0 atom stereocenters. The fraction of sp³-hybridized carbons (Fsp3) is 0.296. The molecule has 2 aromatic carbocycles. The first kappa shape index (κ1) is 25.2. The quantitative estimate of drug-likeness (QED) is 0.368. The molecule has 3 aromatic rings. The van der Waals surface area contributed by atoms with Gasteiger partial charge in [-0.25, -0.2) is 4.79 Å². The number of nitrogens with one attached hydrogen (secondary N) is 2. The Balaban J connectivity index is 1.40. The van der Waals surface area contributed by atoms with Crippen LogP contribution < -0.4 is 20.1 Å². The molecule has 8 nitrogen and oxygen atoms in total. The van der Waals surface area contributed by atoms with Crippen molar-refractivity contribution in [3.05, 3.63) is 59.3 Å². The molecule has 2 heterocycles. The van der Waals surface area contributed by atoms with Crippen molar-refractivity contribution in [2.45, 2.75) is 25.3 Å². The standard InChI is InChI=1S/C27H26Cl2N4O4/c1-36-25-14-23-20(13-19(25)16-7-10-33(11-8-16)26(34)15-28)24(6-9-30-23)37-18-4-5-22(21(29)12-18)32-27(35)31-17-2-3-17/h4-7,9,12-14,17H,2-3,8,10-11,15H2,1H3,(H2,31,32,35). The Bertz CT molecular complexity index is 1390. The SMILES string of the molecule is COc1cc2nccc(Oc3ccc(NC(=O)NC4CC4)c(Cl)c3)c2cc1C1=CCN(C(=O)CCl)CC1. The highest BCUT2D eigenvalue weighted by Gasteiger charge is 2.24. The molecule has 0 unspecified atom stereocenters. The van der Waals surface area contributed by atoms with E-state index in [1.165, 1.54) is 0 Å². The van der Waals surface area contributed by atoms with Gasteiger partial charge in [-0.2, -0.15) is 0 Å². The fourth-order valence-corrected chi connectivity index (χ4v) is 4.63. The highest BCUT2D eigenvalue weighted by atomic mass is 35.5. The first-order valence-electron chi connectivity index (χ1n) is 12.0. The number of hydrogen-bond donors (Lipinski definition) is 2. The van der Waals surface area contributed by atoms with Crippen molar-refractivity contribution in [1.82, 2.24) is 15.2 Å². The zero-order chi connectivity index (χ0) is 25.9. The second-order valence-corrected chi connectivity index (χ2v) is 9.62. The molecule has 37 heavy (non-hydrogen) atoms. The van der Waals surface area contributed by atoms with Crippen LogP contribution in [-0.2, 0) is 4.79 Å². The van der Waals surface area contributed by atoms with Crippen molar-refractivity contribution in [1.29, 1.82) is 0 Å². The summed E-state index contributed by atoms with van der Waals surface area (Å²) < 4.78 is 11.9. The molecule has 1 aliphatic heterocycles. The summed E-state index contributed by atoms with van der Waals surface area (Å²) in [5, 5.41) is 6.82. The molecule has 3 amide bonds. The maximum atomic E-state index is 12.1. The molecular weight excluding hydrogens is 515 g/mol. The first-order valence-corrected chi connectivity index (χ1v) is 12.9. The number of nitrogens with zero attached hydrogens (tertiary/aromatic N) is 2. The number of fused-ring (bicyclic) bond motifs is 1. The van der Waals surface area contributed by atoms with Gasteiger partial charge in [0.15, 0.2) is 0 Å². The number of pyridine rings is 1. The summed E-state index contributed by atoms with van der Waals surface area (Å²) >= 11 is 12.1. The largest absolute Gasteiger partial charge is 0.496 e. The molecular formula is C27H26Cl2N4O4. The first-order chi connectivity index (χ1) is 17.9. The Hall–Kier alpha value is -3.49. The van der Waals surface area contributed by atoms with Crippen LogP contribution >= 0.6 is 23.2 Å². The number of ether oxygens (including phenoxy) is 2. The highest BCUT2D eigenvalue weighted by molar-refractivity contribution is 6.33. The fourth-order valence-electron chi connectivity index (χ4n) is 4.24. The number of rotatable bonds is 7. The van der Waals surface area contributed by atoms with Crippen molar-refractivity contribution in [3.8, 4) is 17.2 Å². The Labute approximate surface area is 224 Å². The van der Waals surface area contributed by atoms with E-state index in [2.05, 4.69) is 15.6 Å². The van der Waals surface area contributed by atoms with E-state index >= 15 is 0 Å². The third-order valence-corrected chi connectivity index (χ3v) is 6.92. The van der Waals surface area contributed by atoms with Crippen LogP contribution in [0.5, 0.6) is 17.2 Å². The number of urea groups is 1. The van der Waals surface area contributed by atoms with E-state index in [9.17, 15) is 9.59 Å². The van der Waals surface area contributed by atoms with Crippen LogP contribution in [0.3, 0.4) is 0 Å². The average Bonchev–Trinajstić information content (AvgIpc) is 3.73. The number of amides is 3. The third kappa shape index (κ3) is 5.76. The van der Waals surface area contributed by atoms with Crippen LogP contribution in [0.2, 0.25) is 5.02 Å². The summed E-state index contributed by atoms with van der Waals surface area (Å²) in [7, 11) is 1.63. The number of benzene rings is 2. The number of methoxy groups -OCH3 is 1. The monoisotopic (exact) mass is 540 g/mol. The second kappa shape index (κ2) is 10.9. The van der Waals surface area contributed by atoms with Gasteiger partial charge in [-0.1, -0.05) is 17.7 Å². The van der Waals surface area contributed by atoms with Crippen LogP contribution in [0, 0.1) is 0 Å². The van der Waals surface area contributed by atoms with Crippen molar-refractivity contribution < 1.29 is 19.1 Å². The van der Waals surface area contributed by atoms with E-state index in [0.717, 1.165) is 34.9 Å². The Kier molecular flexibility index (Phi) is 7.39. The van der Waals surface area contributed by atoms with Crippen molar-refractivity contribution in [3.63, 3.8) is 0 Å². The van der Waals surface area contributed by atoms with Gasteiger partial charge in [-0.15, -0.1) is 11.6 Å². The van der Waals surface area contributed by atoms with Gasteiger partial charge in [-0.3, -0.25) is 9.78 Å². The molecule has 0 spiro atoms. The van der Waals surface area contributed by atoms with Crippen molar-refractivity contribution >= 4 is 57.3 Å². The van der Waals surface area contributed by atoms with Gasteiger partial charge >= 0.3 is 6.03 Å². The summed E-state index contributed by atoms with van der Waals surface area (Å²) in [4.78, 5) is 30.2. The zero-order valence-electron chi connectivity index (χ0n) is 20.2.